The zero-order valence-electron chi connectivity index (χ0n) is 26.3. The van der Waals surface area contributed by atoms with Gasteiger partial charge >= 0.3 is 0 Å². The summed E-state index contributed by atoms with van der Waals surface area (Å²) < 4.78 is 7.01. The zero-order valence-corrected chi connectivity index (χ0v) is 26.3. The molecule has 2 heteroatoms. The fraction of sp³-hybridized carbons (Fsp3) is 0. The molecule has 0 unspecified atom stereocenters. The Balaban J connectivity index is 1.30. The van der Waals surface area contributed by atoms with Crippen LogP contribution in [-0.4, -0.2) is 0 Å². The van der Waals surface area contributed by atoms with Gasteiger partial charge in [0.15, 0.2) is 5.75 Å². The Morgan fingerprint density at radius 2 is 0.812 bits per heavy atom. The fourth-order valence-corrected chi connectivity index (χ4v) is 6.96. The van der Waals surface area contributed by atoms with Crippen LogP contribution in [-0.2, 0) is 0 Å². The van der Waals surface area contributed by atoms with E-state index in [1.807, 2.05) is 0 Å². The van der Waals surface area contributed by atoms with Gasteiger partial charge < -0.3 is 9.64 Å². The molecule has 8 aromatic rings. The molecule has 9 rings (SSSR count). The standard InChI is InChI=1S/C46H31NO/c1-4-12-32(13-5-1)34-22-26-38(27-23-34)47(39-28-24-35(25-29-39)33-14-6-2-7-15-33)45-40(36-16-8-3-9-17-36)30-31-42-41-20-10-18-37-19-11-21-43(44(37)41)48-46(42)45/h1-31H. The molecule has 0 fully saturated rings. The molecule has 0 aromatic heterocycles. The predicted molar refractivity (Wildman–Crippen MR) is 200 cm³/mol. The van der Waals surface area contributed by atoms with Crippen LogP contribution in [0, 0.1) is 0 Å². The number of rotatable bonds is 6. The molecular formula is C46H31NO. The van der Waals surface area contributed by atoms with E-state index < -0.39 is 0 Å². The van der Waals surface area contributed by atoms with E-state index in [4.69, 9.17) is 4.74 Å². The van der Waals surface area contributed by atoms with Gasteiger partial charge in [0.25, 0.3) is 0 Å². The lowest BCUT2D eigenvalue weighted by molar-refractivity contribution is 0.488. The van der Waals surface area contributed by atoms with Crippen molar-refractivity contribution in [3.63, 3.8) is 0 Å². The van der Waals surface area contributed by atoms with Crippen molar-refractivity contribution in [2.45, 2.75) is 0 Å². The van der Waals surface area contributed by atoms with Crippen LogP contribution in [0.2, 0.25) is 0 Å². The number of nitrogens with zero attached hydrogens (tertiary/aromatic N) is 1. The summed E-state index contributed by atoms with van der Waals surface area (Å²) in [6.07, 6.45) is 0. The van der Waals surface area contributed by atoms with Gasteiger partial charge in [-0.2, -0.15) is 0 Å². The minimum Gasteiger partial charge on any atom is -0.454 e. The third kappa shape index (κ3) is 4.83. The van der Waals surface area contributed by atoms with Gasteiger partial charge in [0.2, 0.25) is 0 Å². The topological polar surface area (TPSA) is 12.5 Å². The van der Waals surface area contributed by atoms with E-state index in [9.17, 15) is 0 Å². The molecule has 1 heterocycles. The monoisotopic (exact) mass is 613 g/mol. The molecule has 48 heavy (non-hydrogen) atoms. The average molecular weight is 614 g/mol. The van der Waals surface area contributed by atoms with E-state index in [1.54, 1.807) is 0 Å². The minimum absolute atomic E-state index is 0.849. The minimum atomic E-state index is 0.849. The van der Waals surface area contributed by atoms with E-state index in [2.05, 4.69) is 193 Å². The summed E-state index contributed by atoms with van der Waals surface area (Å²) in [5.41, 5.74) is 12.3. The van der Waals surface area contributed by atoms with Crippen LogP contribution in [0.1, 0.15) is 0 Å². The van der Waals surface area contributed by atoms with Gasteiger partial charge in [0.1, 0.15) is 5.75 Å². The highest BCUT2D eigenvalue weighted by atomic mass is 16.5. The van der Waals surface area contributed by atoms with E-state index in [0.29, 0.717) is 0 Å². The van der Waals surface area contributed by atoms with Crippen molar-refractivity contribution < 1.29 is 4.74 Å². The van der Waals surface area contributed by atoms with Gasteiger partial charge in [-0.05, 0) is 75.2 Å². The van der Waals surface area contributed by atoms with Gasteiger partial charge in [-0.3, -0.25) is 0 Å². The molecule has 8 aromatic carbocycles. The van der Waals surface area contributed by atoms with Crippen molar-refractivity contribution in [3.05, 3.63) is 188 Å². The number of hydrogen-bond acceptors (Lipinski definition) is 2. The highest BCUT2D eigenvalue weighted by molar-refractivity contribution is 6.07. The number of anilines is 3. The van der Waals surface area contributed by atoms with Gasteiger partial charge in [-0.15, -0.1) is 0 Å². The number of hydrogen-bond donors (Lipinski definition) is 0. The van der Waals surface area contributed by atoms with Crippen LogP contribution in [0.5, 0.6) is 11.5 Å². The first kappa shape index (κ1) is 27.9. The molecule has 1 aliphatic rings. The second-order valence-corrected chi connectivity index (χ2v) is 12.1. The molecule has 0 aliphatic carbocycles. The Hall–Kier alpha value is -6.38. The van der Waals surface area contributed by atoms with Crippen LogP contribution < -0.4 is 9.64 Å². The molecule has 0 radical (unpaired) electrons. The summed E-state index contributed by atoms with van der Waals surface area (Å²) >= 11 is 0. The molecule has 0 N–H and O–H groups in total. The van der Waals surface area contributed by atoms with Gasteiger partial charge in [-0.25, -0.2) is 0 Å². The van der Waals surface area contributed by atoms with Crippen LogP contribution >= 0.6 is 0 Å². The first-order valence-electron chi connectivity index (χ1n) is 16.4. The Bertz CT molecular complexity index is 2290. The normalized spacial score (nSPS) is 11.5. The Kier molecular flexibility index (Phi) is 6.84. The van der Waals surface area contributed by atoms with E-state index in [0.717, 1.165) is 50.6 Å². The molecule has 226 valence electrons. The highest BCUT2D eigenvalue weighted by Crippen LogP contribution is 2.56. The lowest BCUT2D eigenvalue weighted by Crippen LogP contribution is -2.14. The largest absolute Gasteiger partial charge is 0.454 e. The van der Waals surface area contributed by atoms with Crippen molar-refractivity contribution in [1.82, 2.24) is 0 Å². The fourth-order valence-electron chi connectivity index (χ4n) is 6.96. The predicted octanol–water partition coefficient (Wildman–Crippen LogP) is 13.1. The summed E-state index contributed by atoms with van der Waals surface area (Å²) in [6.45, 7) is 0. The van der Waals surface area contributed by atoms with E-state index >= 15 is 0 Å². The van der Waals surface area contributed by atoms with E-state index in [-0.39, 0.29) is 0 Å². The summed E-state index contributed by atoms with van der Waals surface area (Å²) in [7, 11) is 0. The quantitative estimate of drug-likeness (QED) is 0.185. The molecular weight excluding hydrogens is 583 g/mol. The van der Waals surface area contributed by atoms with Crippen molar-refractivity contribution >= 4 is 27.8 Å². The molecule has 0 saturated heterocycles. The number of fused-ring (bicyclic) bond motifs is 2. The maximum absolute atomic E-state index is 7.01. The molecule has 0 amide bonds. The van der Waals surface area contributed by atoms with Gasteiger partial charge in [0.05, 0.1) is 5.69 Å². The summed E-state index contributed by atoms with van der Waals surface area (Å²) in [6, 6.07) is 66.7. The molecule has 0 atom stereocenters. The summed E-state index contributed by atoms with van der Waals surface area (Å²) in [4.78, 5) is 2.36. The second kappa shape index (κ2) is 11.8. The van der Waals surface area contributed by atoms with Crippen LogP contribution in [0.25, 0.3) is 55.3 Å². The summed E-state index contributed by atoms with van der Waals surface area (Å²) in [5.74, 6) is 1.72. The Morgan fingerprint density at radius 3 is 1.38 bits per heavy atom. The van der Waals surface area contributed by atoms with Gasteiger partial charge in [0, 0.05) is 27.9 Å². The SMILES string of the molecule is c1ccc(-c2ccc(N(c3ccc(-c4ccccc4)cc3)c3c(-c4ccccc4)ccc4c3Oc3cccc5cccc-4c35)cc2)cc1. The second-order valence-electron chi connectivity index (χ2n) is 12.1. The first-order valence-corrected chi connectivity index (χ1v) is 16.4. The lowest BCUT2D eigenvalue weighted by Gasteiger charge is -2.33. The highest BCUT2D eigenvalue weighted by Gasteiger charge is 2.29. The average Bonchev–Trinajstić information content (AvgIpc) is 3.17. The van der Waals surface area contributed by atoms with Crippen LogP contribution in [0.3, 0.4) is 0 Å². The van der Waals surface area contributed by atoms with E-state index in [1.165, 1.54) is 33.2 Å². The maximum Gasteiger partial charge on any atom is 0.159 e. The first-order chi connectivity index (χ1) is 23.8. The zero-order chi connectivity index (χ0) is 31.9. The van der Waals surface area contributed by atoms with Crippen molar-refractivity contribution in [2.24, 2.45) is 0 Å². The molecule has 2 nitrogen and oxygen atoms in total. The molecule has 0 bridgehead atoms. The number of benzene rings is 8. The third-order valence-electron chi connectivity index (χ3n) is 9.27. The van der Waals surface area contributed by atoms with Gasteiger partial charge in [-0.1, -0.05) is 152 Å². The summed E-state index contributed by atoms with van der Waals surface area (Å²) in [5, 5.41) is 2.33. The number of ether oxygens (including phenoxy) is 1. The Labute approximate surface area is 280 Å². The smallest absolute Gasteiger partial charge is 0.159 e. The van der Waals surface area contributed by atoms with Crippen molar-refractivity contribution in [2.75, 3.05) is 4.90 Å². The lowest BCUT2D eigenvalue weighted by atomic mass is 9.91. The van der Waals surface area contributed by atoms with Crippen molar-refractivity contribution in [3.8, 4) is 56.0 Å². The maximum atomic E-state index is 7.01. The third-order valence-corrected chi connectivity index (χ3v) is 9.27. The molecule has 0 saturated carbocycles. The van der Waals surface area contributed by atoms with Crippen LogP contribution in [0.15, 0.2) is 188 Å². The Morgan fingerprint density at radius 1 is 0.333 bits per heavy atom. The van der Waals surface area contributed by atoms with Crippen molar-refractivity contribution in [1.29, 1.82) is 0 Å². The van der Waals surface area contributed by atoms with Crippen LogP contribution in [0.4, 0.5) is 17.1 Å². The molecule has 0 spiro atoms. The molecule has 1 aliphatic heterocycles.